The quantitative estimate of drug-likeness (QED) is 0.862. The van der Waals surface area contributed by atoms with E-state index in [0.717, 1.165) is 32.6 Å². The largest absolute Gasteiger partial charge is 0.381 e. The monoisotopic (exact) mass is 234 g/mol. The Bertz CT molecular complexity index is 348. The molecule has 17 heavy (non-hydrogen) atoms. The van der Waals surface area contributed by atoms with E-state index in [9.17, 15) is 0 Å². The third-order valence-electron chi connectivity index (χ3n) is 3.47. The topological polar surface area (TPSA) is 38.5 Å². The fraction of sp³-hybridized carbons (Fsp3) is 0.571. The van der Waals surface area contributed by atoms with Crippen LogP contribution in [0.15, 0.2) is 24.3 Å². The van der Waals surface area contributed by atoms with Gasteiger partial charge in [-0.25, -0.2) is 0 Å². The second-order valence-electron chi connectivity index (χ2n) is 4.78. The fourth-order valence-electron chi connectivity index (χ4n) is 2.40. The van der Waals surface area contributed by atoms with Crippen LogP contribution in [0.5, 0.6) is 0 Å². The molecule has 0 aromatic heterocycles. The summed E-state index contributed by atoms with van der Waals surface area (Å²) in [5, 5.41) is 0. The van der Waals surface area contributed by atoms with Crippen LogP contribution >= 0.6 is 0 Å². The van der Waals surface area contributed by atoms with E-state index in [1.807, 2.05) is 0 Å². The predicted octanol–water partition coefficient (Wildman–Crippen LogP) is 1.76. The number of rotatable bonds is 4. The van der Waals surface area contributed by atoms with Crippen molar-refractivity contribution < 1.29 is 4.74 Å². The summed E-state index contributed by atoms with van der Waals surface area (Å²) in [6.07, 6.45) is 2.29. The third kappa shape index (κ3) is 3.53. The van der Waals surface area contributed by atoms with Crippen molar-refractivity contribution in [1.29, 1.82) is 0 Å². The molecule has 2 rings (SSSR count). The minimum atomic E-state index is 0.620. The summed E-state index contributed by atoms with van der Waals surface area (Å²) in [6.45, 7) is 3.42. The lowest BCUT2D eigenvalue weighted by atomic mass is 10.1. The van der Waals surface area contributed by atoms with Gasteiger partial charge in [0, 0.05) is 32.3 Å². The van der Waals surface area contributed by atoms with Crippen LogP contribution < -0.4 is 5.73 Å². The van der Waals surface area contributed by atoms with Crippen LogP contribution in [0.25, 0.3) is 0 Å². The number of nitrogens with zero attached hydrogens (tertiary/aromatic N) is 1. The van der Waals surface area contributed by atoms with E-state index in [-0.39, 0.29) is 0 Å². The Morgan fingerprint density at radius 3 is 2.71 bits per heavy atom. The molecule has 1 saturated heterocycles. The lowest BCUT2D eigenvalue weighted by Gasteiger charge is -2.31. The molecule has 0 spiro atoms. The molecule has 1 fully saturated rings. The van der Waals surface area contributed by atoms with Gasteiger partial charge in [0.05, 0.1) is 0 Å². The molecule has 3 nitrogen and oxygen atoms in total. The minimum Gasteiger partial charge on any atom is -0.381 e. The molecule has 0 unspecified atom stereocenters. The van der Waals surface area contributed by atoms with Gasteiger partial charge in [0.1, 0.15) is 0 Å². The van der Waals surface area contributed by atoms with E-state index in [1.165, 1.54) is 11.1 Å². The van der Waals surface area contributed by atoms with E-state index < -0.39 is 0 Å². The van der Waals surface area contributed by atoms with Gasteiger partial charge >= 0.3 is 0 Å². The van der Waals surface area contributed by atoms with E-state index in [2.05, 4.69) is 36.2 Å². The molecule has 0 saturated carbocycles. The lowest BCUT2D eigenvalue weighted by Crippen LogP contribution is -2.36. The van der Waals surface area contributed by atoms with E-state index >= 15 is 0 Å². The zero-order valence-electron chi connectivity index (χ0n) is 10.6. The molecule has 94 valence electrons. The normalized spacial score (nSPS) is 17.6. The summed E-state index contributed by atoms with van der Waals surface area (Å²) in [6, 6.07) is 9.21. The molecule has 1 aliphatic rings. The van der Waals surface area contributed by atoms with Crippen LogP contribution in [-0.4, -0.2) is 31.2 Å². The Labute approximate surface area is 104 Å². The second-order valence-corrected chi connectivity index (χ2v) is 4.78. The molecule has 0 amide bonds. The first-order valence-electron chi connectivity index (χ1n) is 6.35. The number of hydrogen-bond acceptors (Lipinski definition) is 3. The Hall–Kier alpha value is -0.900. The smallest absolute Gasteiger partial charge is 0.0480 e. The van der Waals surface area contributed by atoms with E-state index in [0.29, 0.717) is 12.6 Å². The summed E-state index contributed by atoms with van der Waals surface area (Å²) in [7, 11) is 2.20. The molecule has 0 radical (unpaired) electrons. The molecule has 0 aliphatic carbocycles. The van der Waals surface area contributed by atoms with Crippen LogP contribution in [0.2, 0.25) is 0 Å². The van der Waals surface area contributed by atoms with E-state index in [4.69, 9.17) is 10.5 Å². The standard InChI is InChI=1S/C14H22N2O/c1-16(14-5-7-17-8-6-14)11-13-4-2-3-12(9-13)10-15/h2-4,9,14H,5-8,10-11,15H2,1H3. The van der Waals surface area contributed by atoms with Gasteiger partial charge in [-0.15, -0.1) is 0 Å². The van der Waals surface area contributed by atoms with Crippen LogP contribution in [-0.2, 0) is 17.8 Å². The van der Waals surface area contributed by atoms with Gasteiger partial charge < -0.3 is 10.5 Å². The molecular formula is C14H22N2O. The molecule has 0 bridgehead atoms. The highest BCUT2D eigenvalue weighted by molar-refractivity contribution is 5.23. The Kier molecular flexibility index (Phi) is 4.54. The molecule has 3 heteroatoms. The van der Waals surface area contributed by atoms with Crippen molar-refractivity contribution in [2.75, 3.05) is 20.3 Å². The van der Waals surface area contributed by atoms with Gasteiger partial charge in [0.25, 0.3) is 0 Å². The number of hydrogen-bond donors (Lipinski definition) is 1. The summed E-state index contributed by atoms with van der Waals surface area (Å²) in [5.41, 5.74) is 8.22. The van der Waals surface area contributed by atoms with Crippen LogP contribution in [0.3, 0.4) is 0 Å². The Balaban J connectivity index is 1.94. The minimum absolute atomic E-state index is 0.620. The first-order valence-corrected chi connectivity index (χ1v) is 6.35. The first-order chi connectivity index (χ1) is 8.29. The number of nitrogens with two attached hydrogens (primary N) is 1. The van der Waals surface area contributed by atoms with Gasteiger partial charge in [-0.05, 0) is 31.0 Å². The molecular weight excluding hydrogens is 212 g/mol. The molecule has 1 heterocycles. The maximum absolute atomic E-state index is 5.66. The van der Waals surface area contributed by atoms with Crippen molar-refractivity contribution in [3.05, 3.63) is 35.4 Å². The van der Waals surface area contributed by atoms with Crippen molar-refractivity contribution in [1.82, 2.24) is 4.90 Å². The van der Waals surface area contributed by atoms with Crippen molar-refractivity contribution in [2.24, 2.45) is 5.73 Å². The average molecular weight is 234 g/mol. The molecule has 2 N–H and O–H groups in total. The summed E-state index contributed by atoms with van der Waals surface area (Å²) in [5.74, 6) is 0. The predicted molar refractivity (Wildman–Crippen MR) is 69.6 cm³/mol. The second kappa shape index (κ2) is 6.15. The van der Waals surface area contributed by atoms with Gasteiger partial charge in [-0.1, -0.05) is 24.3 Å². The molecule has 1 aliphatic heterocycles. The summed E-state index contributed by atoms with van der Waals surface area (Å²) in [4.78, 5) is 2.43. The van der Waals surface area contributed by atoms with Crippen LogP contribution in [0.1, 0.15) is 24.0 Å². The molecule has 0 atom stereocenters. The maximum Gasteiger partial charge on any atom is 0.0480 e. The first kappa shape index (κ1) is 12.6. The number of benzene rings is 1. The third-order valence-corrected chi connectivity index (χ3v) is 3.47. The Morgan fingerprint density at radius 2 is 2.00 bits per heavy atom. The average Bonchev–Trinajstić information content (AvgIpc) is 2.40. The van der Waals surface area contributed by atoms with Crippen molar-refractivity contribution in [3.8, 4) is 0 Å². The molecule has 1 aromatic rings. The molecule has 1 aromatic carbocycles. The number of ether oxygens (including phenoxy) is 1. The zero-order chi connectivity index (χ0) is 12.1. The fourth-order valence-corrected chi connectivity index (χ4v) is 2.40. The van der Waals surface area contributed by atoms with Crippen molar-refractivity contribution in [3.63, 3.8) is 0 Å². The summed E-state index contributed by atoms with van der Waals surface area (Å²) >= 11 is 0. The van der Waals surface area contributed by atoms with Gasteiger partial charge in [0.2, 0.25) is 0 Å². The van der Waals surface area contributed by atoms with Gasteiger partial charge in [0.15, 0.2) is 0 Å². The van der Waals surface area contributed by atoms with Crippen LogP contribution in [0, 0.1) is 0 Å². The zero-order valence-corrected chi connectivity index (χ0v) is 10.6. The summed E-state index contributed by atoms with van der Waals surface area (Å²) < 4.78 is 5.39. The van der Waals surface area contributed by atoms with Crippen molar-refractivity contribution >= 4 is 0 Å². The highest BCUT2D eigenvalue weighted by Crippen LogP contribution is 2.16. The lowest BCUT2D eigenvalue weighted by molar-refractivity contribution is 0.0407. The van der Waals surface area contributed by atoms with Crippen molar-refractivity contribution in [2.45, 2.75) is 32.0 Å². The van der Waals surface area contributed by atoms with E-state index in [1.54, 1.807) is 0 Å². The highest BCUT2D eigenvalue weighted by atomic mass is 16.5. The SMILES string of the molecule is CN(Cc1cccc(CN)c1)C1CCOCC1. The Morgan fingerprint density at radius 1 is 1.29 bits per heavy atom. The van der Waals surface area contributed by atoms with Gasteiger partial charge in [-0.2, -0.15) is 0 Å². The van der Waals surface area contributed by atoms with Gasteiger partial charge in [-0.3, -0.25) is 4.90 Å². The van der Waals surface area contributed by atoms with Crippen LogP contribution in [0.4, 0.5) is 0 Å². The highest BCUT2D eigenvalue weighted by Gasteiger charge is 2.18. The maximum atomic E-state index is 5.66.